The Morgan fingerprint density at radius 2 is 0.967 bits per heavy atom. The molecular formula is C57H38N2S. The van der Waals surface area contributed by atoms with E-state index in [-0.39, 0.29) is 5.41 Å². The normalized spacial score (nSPS) is 13.3. The second kappa shape index (κ2) is 12.4. The van der Waals surface area contributed by atoms with Gasteiger partial charge in [-0.3, -0.25) is 0 Å². The molecule has 0 fully saturated rings. The summed E-state index contributed by atoms with van der Waals surface area (Å²) in [6, 6.07) is 72.3. The van der Waals surface area contributed by atoms with E-state index in [0.717, 1.165) is 11.4 Å². The fourth-order valence-electron chi connectivity index (χ4n) is 10.5. The zero-order valence-corrected chi connectivity index (χ0v) is 34.1. The minimum absolute atomic E-state index is 0.0114. The number of benzene rings is 9. The van der Waals surface area contributed by atoms with Crippen LogP contribution in [0.3, 0.4) is 0 Å². The average molecular weight is 783 g/mol. The second-order valence-electron chi connectivity index (χ2n) is 16.9. The van der Waals surface area contributed by atoms with Gasteiger partial charge in [0.15, 0.2) is 0 Å². The number of thiophene rings is 1. The molecule has 1 aliphatic carbocycles. The van der Waals surface area contributed by atoms with Crippen molar-refractivity contribution in [1.82, 2.24) is 4.40 Å². The van der Waals surface area contributed by atoms with Crippen molar-refractivity contribution in [1.29, 1.82) is 0 Å². The molecule has 0 saturated carbocycles. The van der Waals surface area contributed by atoms with Gasteiger partial charge in [-0.05, 0) is 105 Å². The molecule has 0 unspecified atom stereocenters. The van der Waals surface area contributed by atoms with Gasteiger partial charge >= 0.3 is 0 Å². The van der Waals surface area contributed by atoms with Crippen LogP contribution < -0.4 is 4.90 Å². The first-order chi connectivity index (χ1) is 29.5. The molecular weight excluding hydrogens is 745 g/mol. The quantitative estimate of drug-likeness (QED) is 0.169. The molecule has 2 nitrogen and oxygen atoms in total. The monoisotopic (exact) mass is 782 g/mol. The van der Waals surface area contributed by atoms with E-state index in [1.165, 1.54) is 108 Å². The van der Waals surface area contributed by atoms with Gasteiger partial charge in [-0.25, -0.2) is 0 Å². The summed E-state index contributed by atoms with van der Waals surface area (Å²) in [5, 5.41) is 7.75. The molecule has 282 valence electrons. The maximum absolute atomic E-state index is 2.47. The number of hydrogen-bond donors (Lipinski definition) is 0. The van der Waals surface area contributed by atoms with Crippen LogP contribution in [0.4, 0.5) is 17.1 Å². The van der Waals surface area contributed by atoms with Crippen LogP contribution in [0.1, 0.15) is 25.0 Å². The Balaban J connectivity index is 0.973. The Hall–Kier alpha value is -7.20. The highest BCUT2D eigenvalue weighted by Gasteiger charge is 2.35. The highest BCUT2D eigenvalue weighted by atomic mass is 32.1. The van der Waals surface area contributed by atoms with Gasteiger partial charge in [0, 0.05) is 58.5 Å². The summed E-state index contributed by atoms with van der Waals surface area (Å²) in [5.74, 6) is 0. The molecule has 3 heteroatoms. The maximum Gasteiger partial charge on any atom is 0.0641 e. The van der Waals surface area contributed by atoms with Crippen LogP contribution in [-0.2, 0) is 5.41 Å². The lowest BCUT2D eigenvalue weighted by molar-refractivity contribution is 0.660. The third-order valence-corrected chi connectivity index (χ3v) is 14.5. The van der Waals surface area contributed by atoms with Crippen molar-refractivity contribution in [3.63, 3.8) is 0 Å². The number of rotatable bonds is 5. The molecule has 1 aliphatic rings. The molecule has 0 radical (unpaired) electrons. The first kappa shape index (κ1) is 33.7. The van der Waals surface area contributed by atoms with Gasteiger partial charge in [-0.2, -0.15) is 0 Å². The molecule has 13 rings (SSSR count). The summed E-state index contributed by atoms with van der Waals surface area (Å²) in [6.07, 6.45) is 0. The largest absolute Gasteiger partial charge is 0.310 e. The predicted octanol–water partition coefficient (Wildman–Crippen LogP) is 16.3. The minimum Gasteiger partial charge on any atom is -0.310 e. The SMILES string of the molecule is CC1(C)c2ccccc2-c2cc(-c3ccc(N(c4ccc(-c5ccc6c(c5)sc5ccccc56)cc4)c4ccc5c6ccccc6n6c7ccccc7c4c56)cc3)ccc21. The third kappa shape index (κ3) is 4.70. The van der Waals surface area contributed by atoms with Gasteiger partial charge < -0.3 is 9.30 Å². The van der Waals surface area contributed by atoms with E-state index in [9.17, 15) is 0 Å². The van der Waals surface area contributed by atoms with Crippen LogP contribution in [0.5, 0.6) is 0 Å². The zero-order valence-electron chi connectivity index (χ0n) is 33.3. The van der Waals surface area contributed by atoms with E-state index in [4.69, 9.17) is 0 Å². The Bertz CT molecular complexity index is 3680. The maximum atomic E-state index is 2.47. The molecule has 0 N–H and O–H groups in total. The molecule has 12 aromatic rings. The molecule has 0 aliphatic heterocycles. The van der Waals surface area contributed by atoms with Crippen LogP contribution in [0.25, 0.3) is 91.6 Å². The number of nitrogens with zero attached hydrogens (tertiary/aromatic N) is 2. The van der Waals surface area contributed by atoms with E-state index in [2.05, 4.69) is 217 Å². The topological polar surface area (TPSA) is 7.65 Å². The number of para-hydroxylation sites is 2. The van der Waals surface area contributed by atoms with Gasteiger partial charge in [0.1, 0.15) is 0 Å². The molecule has 0 atom stereocenters. The van der Waals surface area contributed by atoms with Crippen LogP contribution in [-0.4, -0.2) is 4.40 Å². The van der Waals surface area contributed by atoms with Crippen LogP contribution in [0.2, 0.25) is 0 Å². The average Bonchev–Trinajstić information content (AvgIpc) is 4.02. The predicted molar refractivity (Wildman–Crippen MR) is 257 cm³/mol. The van der Waals surface area contributed by atoms with Gasteiger partial charge in [0.05, 0.1) is 22.2 Å². The Kier molecular flexibility index (Phi) is 6.98. The second-order valence-corrected chi connectivity index (χ2v) is 18.0. The summed E-state index contributed by atoms with van der Waals surface area (Å²) in [7, 11) is 0. The first-order valence-electron chi connectivity index (χ1n) is 20.8. The van der Waals surface area contributed by atoms with Gasteiger partial charge in [0.25, 0.3) is 0 Å². The smallest absolute Gasteiger partial charge is 0.0641 e. The summed E-state index contributed by atoms with van der Waals surface area (Å²) < 4.78 is 5.12. The summed E-state index contributed by atoms with van der Waals surface area (Å²) in [6.45, 7) is 4.69. The molecule has 0 saturated heterocycles. The summed E-state index contributed by atoms with van der Waals surface area (Å²) in [5.41, 5.74) is 17.5. The van der Waals surface area contributed by atoms with E-state index in [1.54, 1.807) is 0 Å². The molecule has 0 amide bonds. The Labute approximate surface area is 352 Å². The highest BCUT2D eigenvalue weighted by Crippen LogP contribution is 2.51. The fraction of sp³-hybridized carbons (Fsp3) is 0.0526. The van der Waals surface area contributed by atoms with Crippen LogP contribution in [0, 0.1) is 0 Å². The van der Waals surface area contributed by atoms with E-state index in [1.807, 2.05) is 11.3 Å². The van der Waals surface area contributed by atoms with Crippen molar-refractivity contribution in [2.45, 2.75) is 19.3 Å². The Morgan fingerprint density at radius 3 is 1.73 bits per heavy atom. The van der Waals surface area contributed by atoms with E-state index >= 15 is 0 Å². The molecule has 9 aromatic carbocycles. The van der Waals surface area contributed by atoms with E-state index in [0.29, 0.717) is 0 Å². The number of fused-ring (bicyclic) bond motifs is 12. The molecule has 3 aromatic heterocycles. The van der Waals surface area contributed by atoms with Crippen molar-refractivity contribution in [2.75, 3.05) is 4.90 Å². The fourth-order valence-corrected chi connectivity index (χ4v) is 11.6. The first-order valence-corrected chi connectivity index (χ1v) is 21.7. The molecule has 0 bridgehead atoms. The lowest BCUT2D eigenvalue weighted by atomic mass is 9.82. The lowest BCUT2D eigenvalue weighted by Crippen LogP contribution is -2.14. The molecule has 3 heterocycles. The lowest BCUT2D eigenvalue weighted by Gasteiger charge is -2.27. The van der Waals surface area contributed by atoms with Gasteiger partial charge in [-0.15, -0.1) is 11.3 Å². The summed E-state index contributed by atoms with van der Waals surface area (Å²) in [4.78, 5) is 2.46. The molecule has 60 heavy (non-hydrogen) atoms. The standard InChI is InChI=1S/C57H38N2S/c1-57(2)48-15-7-3-11-41(48)47-33-37(24-31-49(47)57)35-19-25-39(26-20-35)58(40-27-21-36(22-28-40)38-23-29-44-43-13-6-10-18-53(43)60-54(44)34-38)52-32-30-45-42-12-4-8-16-50(42)59-51-17-9-5-14-46(51)55(52)56(45)59/h3-34H,1-2H3. The van der Waals surface area contributed by atoms with Crippen LogP contribution >= 0.6 is 11.3 Å². The van der Waals surface area contributed by atoms with Gasteiger partial charge in [0.2, 0.25) is 0 Å². The van der Waals surface area contributed by atoms with Crippen molar-refractivity contribution in [3.05, 3.63) is 205 Å². The number of hydrogen-bond acceptors (Lipinski definition) is 2. The highest BCUT2D eigenvalue weighted by molar-refractivity contribution is 7.25. The zero-order chi connectivity index (χ0) is 39.7. The summed E-state index contributed by atoms with van der Waals surface area (Å²) >= 11 is 1.87. The van der Waals surface area contributed by atoms with Crippen molar-refractivity contribution in [3.8, 4) is 33.4 Å². The van der Waals surface area contributed by atoms with Gasteiger partial charge in [-0.1, -0.05) is 147 Å². The van der Waals surface area contributed by atoms with Crippen molar-refractivity contribution in [2.24, 2.45) is 0 Å². The van der Waals surface area contributed by atoms with E-state index < -0.39 is 0 Å². The van der Waals surface area contributed by atoms with Crippen LogP contribution in [0.15, 0.2) is 194 Å². The number of anilines is 3. The van der Waals surface area contributed by atoms with Crippen molar-refractivity contribution >= 4 is 86.7 Å². The third-order valence-electron chi connectivity index (χ3n) is 13.3. The number of aromatic nitrogens is 1. The minimum atomic E-state index is -0.0114. The Morgan fingerprint density at radius 1 is 0.417 bits per heavy atom. The molecule has 0 spiro atoms. The van der Waals surface area contributed by atoms with Crippen molar-refractivity contribution < 1.29 is 0 Å².